The van der Waals surface area contributed by atoms with Crippen molar-refractivity contribution < 1.29 is 5.11 Å². The van der Waals surface area contributed by atoms with Gasteiger partial charge in [-0.05, 0) is 64.0 Å². The van der Waals surface area contributed by atoms with Gasteiger partial charge in [-0.2, -0.15) is 0 Å². The number of hydrogen-bond donors (Lipinski definition) is 2. The SMILES string of the molecule is CCCC1CN(Cc2cc(C(C)(C)C)c(O)c(C(C)(C)C)c2)C(=N)C1Cc1ccccc1. The van der Waals surface area contributed by atoms with E-state index in [1.165, 1.54) is 11.1 Å². The lowest BCUT2D eigenvalue weighted by atomic mass is 9.78. The molecule has 2 aromatic carbocycles. The number of nitrogens with zero attached hydrogens (tertiary/aromatic N) is 1. The van der Waals surface area contributed by atoms with Gasteiger partial charge < -0.3 is 10.0 Å². The van der Waals surface area contributed by atoms with Crippen molar-refractivity contribution >= 4 is 5.84 Å². The molecule has 0 aromatic heterocycles. The summed E-state index contributed by atoms with van der Waals surface area (Å²) in [7, 11) is 0. The van der Waals surface area contributed by atoms with E-state index in [1.807, 2.05) is 0 Å². The molecule has 2 atom stereocenters. The molecule has 32 heavy (non-hydrogen) atoms. The molecule has 3 heteroatoms. The second-order valence-corrected chi connectivity index (χ2v) is 11.7. The van der Waals surface area contributed by atoms with Crippen LogP contribution in [0.25, 0.3) is 0 Å². The zero-order valence-electron chi connectivity index (χ0n) is 21.1. The second-order valence-electron chi connectivity index (χ2n) is 11.7. The molecule has 174 valence electrons. The van der Waals surface area contributed by atoms with Gasteiger partial charge in [-0.3, -0.25) is 5.41 Å². The van der Waals surface area contributed by atoms with Gasteiger partial charge in [0.1, 0.15) is 5.75 Å². The fraction of sp³-hybridized carbons (Fsp3) is 0.552. The summed E-state index contributed by atoms with van der Waals surface area (Å²) in [5, 5.41) is 20.1. The van der Waals surface area contributed by atoms with Crippen molar-refractivity contribution in [2.75, 3.05) is 6.54 Å². The lowest BCUT2D eigenvalue weighted by Crippen LogP contribution is -2.27. The summed E-state index contributed by atoms with van der Waals surface area (Å²) in [6, 6.07) is 14.9. The summed E-state index contributed by atoms with van der Waals surface area (Å²) in [5.41, 5.74) is 4.23. The minimum Gasteiger partial charge on any atom is -0.507 e. The smallest absolute Gasteiger partial charge is 0.123 e. The van der Waals surface area contributed by atoms with Crippen LogP contribution in [0.3, 0.4) is 0 Å². The van der Waals surface area contributed by atoms with Crippen LogP contribution in [0.2, 0.25) is 0 Å². The summed E-state index contributed by atoms with van der Waals surface area (Å²) in [4.78, 5) is 2.28. The highest BCUT2D eigenvalue weighted by molar-refractivity contribution is 5.84. The van der Waals surface area contributed by atoms with Crippen LogP contribution in [0.5, 0.6) is 5.75 Å². The lowest BCUT2D eigenvalue weighted by molar-refractivity contribution is 0.352. The van der Waals surface area contributed by atoms with E-state index >= 15 is 0 Å². The molecule has 2 unspecified atom stereocenters. The number of benzene rings is 2. The third kappa shape index (κ3) is 5.36. The Balaban J connectivity index is 1.91. The molecule has 1 fully saturated rings. The normalized spacial score (nSPS) is 19.6. The molecule has 3 rings (SSSR count). The van der Waals surface area contributed by atoms with Crippen molar-refractivity contribution in [1.29, 1.82) is 5.41 Å². The summed E-state index contributed by atoms with van der Waals surface area (Å²) in [6.45, 7) is 16.9. The molecular weight excluding hydrogens is 392 g/mol. The van der Waals surface area contributed by atoms with Crippen LogP contribution < -0.4 is 0 Å². The second kappa shape index (κ2) is 9.29. The minimum atomic E-state index is -0.140. The number of rotatable bonds is 6. The van der Waals surface area contributed by atoms with E-state index in [-0.39, 0.29) is 16.7 Å². The first kappa shape index (κ1) is 24.4. The quantitative estimate of drug-likeness (QED) is 0.511. The molecular formula is C29H42N2O. The first-order valence-electron chi connectivity index (χ1n) is 12.2. The molecule has 2 aromatic rings. The van der Waals surface area contributed by atoms with Crippen molar-refractivity contribution in [3.8, 4) is 5.75 Å². The van der Waals surface area contributed by atoms with E-state index in [0.717, 1.165) is 49.3 Å². The summed E-state index contributed by atoms with van der Waals surface area (Å²) < 4.78 is 0. The van der Waals surface area contributed by atoms with Crippen molar-refractivity contribution in [3.63, 3.8) is 0 Å². The molecule has 0 radical (unpaired) electrons. The van der Waals surface area contributed by atoms with Gasteiger partial charge in [-0.1, -0.05) is 85.2 Å². The van der Waals surface area contributed by atoms with Crippen LogP contribution in [-0.4, -0.2) is 22.4 Å². The van der Waals surface area contributed by atoms with Crippen molar-refractivity contribution in [2.45, 2.75) is 85.1 Å². The Morgan fingerprint density at radius 3 is 2.00 bits per heavy atom. The summed E-state index contributed by atoms with van der Waals surface area (Å²) in [5.74, 6) is 2.00. The van der Waals surface area contributed by atoms with Gasteiger partial charge in [-0.15, -0.1) is 0 Å². The zero-order valence-corrected chi connectivity index (χ0v) is 21.1. The maximum absolute atomic E-state index is 11.1. The maximum atomic E-state index is 11.1. The van der Waals surface area contributed by atoms with E-state index in [2.05, 4.69) is 95.8 Å². The molecule has 0 bridgehead atoms. The van der Waals surface area contributed by atoms with Crippen LogP contribution in [0.15, 0.2) is 42.5 Å². The molecule has 1 aliphatic heterocycles. The molecule has 0 saturated carbocycles. The van der Waals surface area contributed by atoms with Crippen molar-refractivity contribution in [2.24, 2.45) is 11.8 Å². The Labute approximate surface area is 195 Å². The Bertz CT molecular complexity index is 899. The predicted molar refractivity (Wildman–Crippen MR) is 136 cm³/mol. The Kier molecular flexibility index (Phi) is 7.07. The van der Waals surface area contributed by atoms with Crippen molar-refractivity contribution in [3.05, 3.63) is 64.7 Å². The molecule has 3 nitrogen and oxygen atoms in total. The largest absolute Gasteiger partial charge is 0.507 e. The van der Waals surface area contributed by atoms with E-state index < -0.39 is 0 Å². The monoisotopic (exact) mass is 434 g/mol. The van der Waals surface area contributed by atoms with Gasteiger partial charge in [0, 0.05) is 19.0 Å². The Morgan fingerprint density at radius 1 is 0.938 bits per heavy atom. The van der Waals surface area contributed by atoms with Gasteiger partial charge in [0.25, 0.3) is 0 Å². The maximum Gasteiger partial charge on any atom is 0.123 e. The van der Waals surface area contributed by atoms with E-state index in [4.69, 9.17) is 5.41 Å². The highest BCUT2D eigenvalue weighted by Gasteiger charge is 2.37. The fourth-order valence-electron chi connectivity index (χ4n) is 5.06. The van der Waals surface area contributed by atoms with Gasteiger partial charge in [-0.25, -0.2) is 0 Å². The summed E-state index contributed by atoms with van der Waals surface area (Å²) >= 11 is 0. The number of likely N-dealkylation sites (tertiary alicyclic amines) is 1. The van der Waals surface area contributed by atoms with Crippen LogP contribution in [0.4, 0.5) is 0 Å². The number of aromatic hydroxyl groups is 1. The van der Waals surface area contributed by atoms with Crippen LogP contribution in [0, 0.1) is 17.2 Å². The topological polar surface area (TPSA) is 47.3 Å². The number of hydrogen-bond acceptors (Lipinski definition) is 2. The highest BCUT2D eigenvalue weighted by Crippen LogP contribution is 2.41. The minimum absolute atomic E-state index is 0.140. The average molecular weight is 435 g/mol. The fourth-order valence-corrected chi connectivity index (χ4v) is 5.06. The van der Waals surface area contributed by atoms with E-state index in [1.54, 1.807) is 0 Å². The lowest BCUT2D eigenvalue weighted by Gasteiger charge is -2.29. The number of nitrogens with one attached hydrogen (secondary N) is 1. The highest BCUT2D eigenvalue weighted by atomic mass is 16.3. The van der Waals surface area contributed by atoms with Crippen LogP contribution in [-0.2, 0) is 23.8 Å². The molecule has 2 N–H and O–H groups in total. The third-order valence-electron chi connectivity index (χ3n) is 6.83. The van der Waals surface area contributed by atoms with Gasteiger partial charge in [0.15, 0.2) is 0 Å². The first-order valence-corrected chi connectivity index (χ1v) is 12.2. The molecule has 0 spiro atoms. The van der Waals surface area contributed by atoms with E-state index in [0.29, 0.717) is 11.7 Å². The van der Waals surface area contributed by atoms with Gasteiger partial charge in [0.2, 0.25) is 0 Å². The predicted octanol–water partition coefficient (Wildman–Crippen LogP) is 7.06. The number of amidine groups is 1. The van der Waals surface area contributed by atoms with Crippen molar-refractivity contribution in [1.82, 2.24) is 4.90 Å². The van der Waals surface area contributed by atoms with Gasteiger partial charge >= 0.3 is 0 Å². The van der Waals surface area contributed by atoms with E-state index in [9.17, 15) is 5.11 Å². The number of phenolic OH excluding ortho intramolecular Hbond substituents is 1. The standard InChI is InChI=1S/C29H42N2O/c1-8-12-22-19-31(27(30)23(22)15-20-13-10-9-11-14-20)18-21-16-24(28(2,3)4)26(32)25(17-21)29(5,6)7/h9-11,13-14,16-17,22-23,30,32H,8,12,15,18-19H2,1-7H3. The number of phenols is 1. The summed E-state index contributed by atoms with van der Waals surface area (Å²) in [6.07, 6.45) is 3.25. The van der Waals surface area contributed by atoms with Gasteiger partial charge in [0.05, 0.1) is 5.84 Å². The molecule has 1 saturated heterocycles. The van der Waals surface area contributed by atoms with Crippen LogP contribution >= 0.6 is 0 Å². The zero-order chi connectivity index (χ0) is 23.7. The van der Waals surface area contributed by atoms with Crippen LogP contribution in [0.1, 0.15) is 83.6 Å². The first-order chi connectivity index (χ1) is 14.9. The molecule has 1 aliphatic rings. The molecule has 0 amide bonds. The third-order valence-corrected chi connectivity index (χ3v) is 6.83. The Hall–Kier alpha value is -2.29. The Morgan fingerprint density at radius 2 is 1.50 bits per heavy atom. The molecule has 0 aliphatic carbocycles. The molecule has 1 heterocycles. The average Bonchev–Trinajstić information content (AvgIpc) is 2.97.